The number of carbonyl (C=O) groups excluding carboxylic acids is 1. The minimum Gasteiger partial charge on any atom is -0.331 e. The lowest BCUT2D eigenvalue weighted by Gasteiger charge is -2.10. The minimum absolute atomic E-state index is 0.302. The van der Waals surface area contributed by atoms with Crippen molar-refractivity contribution in [3.8, 4) is 0 Å². The zero-order chi connectivity index (χ0) is 22.9. The first kappa shape index (κ1) is 20.9. The molecule has 8 heteroatoms. The Kier molecular flexibility index (Phi) is 5.40. The first-order valence-corrected chi connectivity index (χ1v) is 10.6. The Morgan fingerprint density at radius 1 is 1.00 bits per heavy atom. The molecular weight excluding hydrogens is 443 g/mol. The number of benzene rings is 3. The van der Waals surface area contributed by atoms with E-state index in [1.54, 1.807) is 18.3 Å². The maximum atomic E-state index is 13.4. The molecule has 164 valence electrons. The van der Waals surface area contributed by atoms with Crippen LogP contribution in [-0.4, -0.2) is 20.3 Å². The van der Waals surface area contributed by atoms with E-state index in [-0.39, 0.29) is 12.1 Å². The average Bonchev–Trinajstić information content (AvgIpc) is 3.10. The van der Waals surface area contributed by atoms with Crippen molar-refractivity contribution in [3.63, 3.8) is 0 Å². The van der Waals surface area contributed by atoms with Crippen molar-refractivity contribution in [1.29, 1.82) is 0 Å². The monoisotopic (exact) mass is 460 g/mol. The quantitative estimate of drug-likeness (QED) is 0.408. The molecule has 0 radical (unpaired) electrons. The van der Waals surface area contributed by atoms with Gasteiger partial charge in [-0.15, -0.1) is 0 Å². The minimum atomic E-state index is -0.480. The van der Waals surface area contributed by atoms with Crippen LogP contribution in [0.3, 0.4) is 0 Å². The summed E-state index contributed by atoms with van der Waals surface area (Å²) in [5.41, 5.74) is 2.19. The molecule has 0 aliphatic heterocycles. The smallest absolute Gasteiger partial charge is 0.291 e. The molecule has 33 heavy (non-hydrogen) atoms. The topological polar surface area (TPSA) is 68.9 Å². The Labute approximate surface area is 192 Å². The molecule has 0 aliphatic carbocycles. The largest absolute Gasteiger partial charge is 0.331 e. The summed E-state index contributed by atoms with van der Waals surface area (Å²) in [6.07, 6.45) is 1.60. The number of fused-ring (bicyclic) bond motifs is 3. The van der Waals surface area contributed by atoms with Crippen LogP contribution in [0.4, 0.5) is 10.1 Å². The van der Waals surface area contributed by atoms with Crippen molar-refractivity contribution >= 4 is 45.0 Å². The Morgan fingerprint density at radius 3 is 2.64 bits per heavy atom. The molecule has 0 bridgehead atoms. The summed E-state index contributed by atoms with van der Waals surface area (Å²) in [4.78, 5) is 25.9. The molecule has 0 fully saturated rings. The number of nitrogens with one attached hydrogen (secondary N) is 1. The molecule has 1 amide bonds. The van der Waals surface area contributed by atoms with Crippen LogP contribution < -0.4 is 10.9 Å². The van der Waals surface area contributed by atoms with E-state index in [4.69, 9.17) is 11.6 Å². The summed E-state index contributed by atoms with van der Waals surface area (Å²) < 4.78 is 16.4. The van der Waals surface area contributed by atoms with Crippen LogP contribution in [0.5, 0.6) is 0 Å². The van der Waals surface area contributed by atoms with Gasteiger partial charge in [0.05, 0.1) is 6.20 Å². The molecular formula is C25H18ClFN4O2. The number of rotatable bonds is 5. The summed E-state index contributed by atoms with van der Waals surface area (Å²) in [6, 6.07) is 20.7. The van der Waals surface area contributed by atoms with E-state index in [9.17, 15) is 14.0 Å². The highest BCUT2D eigenvalue weighted by atomic mass is 35.5. The number of para-hydroxylation sites is 1. The van der Waals surface area contributed by atoms with Gasteiger partial charge in [-0.2, -0.15) is 5.10 Å². The fourth-order valence-electron chi connectivity index (χ4n) is 3.99. The van der Waals surface area contributed by atoms with Gasteiger partial charge in [0.2, 0.25) is 5.91 Å². The number of nitrogens with zero attached hydrogens (tertiary/aromatic N) is 3. The molecule has 6 nitrogen and oxygen atoms in total. The second-order valence-corrected chi connectivity index (χ2v) is 8.10. The first-order valence-electron chi connectivity index (χ1n) is 10.3. The van der Waals surface area contributed by atoms with Crippen LogP contribution in [0.1, 0.15) is 5.56 Å². The predicted molar refractivity (Wildman–Crippen MR) is 127 cm³/mol. The highest BCUT2D eigenvalue weighted by molar-refractivity contribution is 6.30. The fourth-order valence-corrected chi connectivity index (χ4v) is 4.20. The normalized spacial score (nSPS) is 11.2. The number of amides is 1. The van der Waals surface area contributed by atoms with E-state index >= 15 is 0 Å². The Hall–Kier alpha value is -3.97. The van der Waals surface area contributed by atoms with Crippen LogP contribution in [-0.2, 0) is 17.9 Å². The van der Waals surface area contributed by atoms with Gasteiger partial charge in [0.15, 0.2) is 0 Å². The van der Waals surface area contributed by atoms with Crippen molar-refractivity contribution in [2.75, 3.05) is 5.32 Å². The standard InChI is InChI=1S/C25H18ClFN4O2/c26-17-6-3-5-16(11-17)14-30-22-10-2-1-9-20(22)21-13-28-31(25(33)24(21)30)15-23(32)29-19-8-4-7-18(27)12-19/h1-13H,14-15H2,(H,29,32). The number of hydrogen-bond acceptors (Lipinski definition) is 3. The van der Waals surface area contributed by atoms with Gasteiger partial charge in [-0.25, -0.2) is 9.07 Å². The second-order valence-electron chi connectivity index (χ2n) is 7.66. The molecule has 2 heterocycles. The van der Waals surface area contributed by atoms with Gasteiger partial charge in [0.25, 0.3) is 5.56 Å². The molecule has 0 saturated carbocycles. The Bertz CT molecular complexity index is 1570. The maximum Gasteiger partial charge on any atom is 0.291 e. The average molecular weight is 461 g/mol. The third-order valence-electron chi connectivity index (χ3n) is 5.40. The van der Waals surface area contributed by atoms with Crippen LogP contribution >= 0.6 is 11.6 Å². The van der Waals surface area contributed by atoms with Gasteiger partial charge in [0.1, 0.15) is 17.9 Å². The third kappa shape index (κ3) is 4.10. The van der Waals surface area contributed by atoms with Crippen LogP contribution in [0.2, 0.25) is 5.02 Å². The molecule has 1 N–H and O–H groups in total. The summed E-state index contributed by atoms with van der Waals surface area (Å²) >= 11 is 6.16. The predicted octanol–water partition coefficient (Wildman–Crippen LogP) is 4.83. The zero-order valence-corrected chi connectivity index (χ0v) is 18.1. The lowest BCUT2D eigenvalue weighted by molar-refractivity contribution is -0.117. The molecule has 5 aromatic rings. The molecule has 0 unspecified atom stereocenters. The molecule has 0 aliphatic rings. The number of halogens is 2. The molecule has 3 aromatic carbocycles. The number of anilines is 1. The molecule has 2 aromatic heterocycles. The number of hydrogen-bond donors (Lipinski definition) is 1. The zero-order valence-electron chi connectivity index (χ0n) is 17.3. The Morgan fingerprint density at radius 2 is 1.82 bits per heavy atom. The van der Waals surface area contributed by atoms with Gasteiger partial charge < -0.3 is 9.88 Å². The summed E-state index contributed by atoms with van der Waals surface area (Å²) in [5, 5.41) is 9.04. The number of aromatic nitrogens is 3. The van der Waals surface area contributed by atoms with Crippen molar-refractivity contribution in [2.24, 2.45) is 0 Å². The van der Waals surface area contributed by atoms with Crippen molar-refractivity contribution in [2.45, 2.75) is 13.1 Å². The fraction of sp³-hybridized carbons (Fsp3) is 0.0800. The maximum absolute atomic E-state index is 13.4. The lowest BCUT2D eigenvalue weighted by Crippen LogP contribution is -2.30. The Balaban J connectivity index is 1.57. The van der Waals surface area contributed by atoms with Crippen molar-refractivity contribution in [3.05, 3.63) is 106 Å². The highest BCUT2D eigenvalue weighted by Crippen LogP contribution is 2.27. The first-order chi connectivity index (χ1) is 16.0. The van der Waals surface area contributed by atoms with Gasteiger partial charge in [0, 0.05) is 33.5 Å². The van der Waals surface area contributed by atoms with E-state index in [2.05, 4.69) is 10.4 Å². The van der Waals surface area contributed by atoms with Gasteiger partial charge in [-0.1, -0.05) is 48.0 Å². The highest BCUT2D eigenvalue weighted by Gasteiger charge is 2.17. The van der Waals surface area contributed by atoms with Gasteiger partial charge >= 0.3 is 0 Å². The molecule has 5 rings (SSSR count). The van der Waals surface area contributed by atoms with E-state index < -0.39 is 11.7 Å². The van der Waals surface area contributed by atoms with Crippen LogP contribution in [0.15, 0.2) is 83.8 Å². The summed E-state index contributed by atoms with van der Waals surface area (Å²) in [7, 11) is 0. The lowest BCUT2D eigenvalue weighted by atomic mass is 10.2. The van der Waals surface area contributed by atoms with Crippen LogP contribution in [0, 0.1) is 5.82 Å². The van der Waals surface area contributed by atoms with E-state index in [0.717, 1.165) is 21.1 Å². The summed E-state index contributed by atoms with van der Waals surface area (Å²) in [6.45, 7) is 0.128. The van der Waals surface area contributed by atoms with Crippen LogP contribution in [0.25, 0.3) is 21.8 Å². The van der Waals surface area contributed by atoms with E-state index in [1.807, 2.05) is 47.0 Å². The van der Waals surface area contributed by atoms with Crippen molar-refractivity contribution in [1.82, 2.24) is 14.3 Å². The number of carbonyl (C=O) groups is 1. The summed E-state index contributed by atoms with van der Waals surface area (Å²) in [5.74, 6) is -0.943. The third-order valence-corrected chi connectivity index (χ3v) is 5.64. The van der Waals surface area contributed by atoms with E-state index in [1.165, 1.54) is 18.2 Å². The SMILES string of the molecule is O=C(Cn1ncc2c3ccccc3n(Cc3cccc(Cl)c3)c2c1=O)Nc1cccc(F)c1. The molecule has 0 atom stereocenters. The van der Waals surface area contributed by atoms with Gasteiger partial charge in [-0.05, 0) is 42.0 Å². The van der Waals surface area contributed by atoms with E-state index in [0.29, 0.717) is 28.2 Å². The molecule has 0 saturated heterocycles. The second kappa shape index (κ2) is 8.52. The van der Waals surface area contributed by atoms with Gasteiger partial charge in [-0.3, -0.25) is 9.59 Å². The molecule has 0 spiro atoms. The van der Waals surface area contributed by atoms with Crippen molar-refractivity contribution < 1.29 is 9.18 Å².